The van der Waals surface area contributed by atoms with Crippen molar-refractivity contribution in [1.29, 1.82) is 0 Å². The number of anilines is 1. The zero-order valence-corrected chi connectivity index (χ0v) is 22.0. The maximum Gasteiger partial charge on any atom is 0.411 e. The fourth-order valence-electron chi connectivity index (χ4n) is 4.14. The van der Waals surface area contributed by atoms with Gasteiger partial charge in [0.25, 0.3) is 0 Å². The minimum Gasteiger partial charge on any atom is -0.493 e. The Balaban J connectivity index is 1.33. The average molecular weight is 528 g/mol. The summed E-state index contributed by atoms with van der Waals surface area (Å²) in [6.45, 7) is 5.61. The highest BCUT2D eigenvalue weighted by molar-refractivity contribution is 8.14. The van der Waals surface area contributed by atoms with E-state index in [1.54, 1.807) is 20.3 Å². The molecule has 2 aliphatic heterocycles. The lowest BCUT2D eigenvalue weighted by Crippen LogP contribution is -2.43. The van der Waals surface area contributed by atoms with Crippen molar-refractivity contribution in [3.05, 3.63) is 53.6 Å². The number of hydrazone groups is 1. The van der Waals surface area contributed by atoms with Crippen LogP contribution in [0.4, 0.5) is 15.3 Å². The van der Waals surface area contributed by atoms with Gasteiger partial charge in [-0.1, -0.05) is 23.9 Å². The zero-order valence-electron chi connectivity index (χ0n) is 21.2. The maximum absolute atomic E-state index is 12.6. The third-order valence-electron chi connectivity index (χ3n) is 6.07. The summed E-state index contributed by atoms with van der Waals surface area (Å²) < 4.78 is 16.0. The molecule has 198 valence electrons. The lowest BCUT2D eigenvalue weighted by Gasteiger charge is -2.26. The Bertz CT molecular complexity index is 1120. The van der Waals surface area contributed by atoms with Gasteiger partial charge in [-0.2, -0.15) is 5.10 Å². The summed E-state index contributed by atoms with van der Waals surface area (Å²) in [5, 5.41) is 12.0. The normalized spacial score (nSPS) is 16.2. The molecule has 0 radical (unpaired) electrons. The molecule has 4 rings (SSSR count). The van der Waals surface area contributed by atoms with E-state index in [0.29, 0.717) is 29.5 Å². The number of benzene rings is 2. The molecule has 1 fully saturated rings. The monoisotopic (exact) mass is 527 g/mol. The van der Waals surface area contributed by atoms with E-state index in [1.807, 2.05) is 36.4 Å². The molecule has 2 aromatic carbocycles. The molecule has 0 bridgehead atoms. The van der Waals surface area contributed by atoms with E-state index in [4.69, 9.17) is 14.2 Å². The molecule has 2 N–H and O–H groups in total. The quantitative estimate of drug-likeness (QED) is 0.452. The van der Waals surface area contributed by atoms with E-state index in [1.165, 1.54) is 16.8 Å². The van der Waals surface area contributed by atoms with Gasteiger partial charge in [-0.05, 0) is 42.3 Å². The third kappa shape index (κ3) is 7.61. The number of rotatable bonds is 10. The SMILES string of the molecule is COc1ccc(C2=NN(Cc3cccc(NC(=O)OCCCN4CCNCC4)c3)C(=O)SC2)cc1OC. The number of ether oxygens (including phenoxy) is 3. The summed E-state index contributed by atoms with van der Waals surface area (Å²) in [7, 11) is 3.17. The van der Waals surface area contributed by atoms with Gasteiger partial charge in [-0.3, -0.25) is 10.1 Å². The standard InChI is InChI=1S/C26H33N5O5S/c1-34-23-8-7-20(16-24(23)35-2)22-18-37-26(33)31(29-22)17-19-5-3-6-21(15-19)28-25(32)36-14-4-11-30-12-9-27-10-13-30/h3,5-8,15-16,27H,4,9-14,17-18H2,1-2H3,(H,28,32). The van der Waals surface area contributed by atoms with E-state index in [2.05, 4.69) is 20.6 Å². The van der Waals surface area contributed by atoms with Crippen molar-refractivity contribution in [2.24, 2.45) is 5.10 Å². The highest BCUT2D eigenvalue weighted by Gasteiger charge is 2.23. The number of nitrogens with one attached hydrogen (secondary N) is 2. The number of nitrogens with zero attached hydrogens (tertiary/aromatic N) is 3. The largest absolute Gasteiger partial charge is 0.493 e. The van der Waals surface area contributed by atoms with E-state index in [-0.39, 0.29) is 11.8 Å². The predicted octanol–water partition coefficient (Wildman–Crippen LogP) is 3.62. The van der Waals surface area contributed by atoms with Gasteiger partial charge in [0.1, 0.15) is 0 Å². The first-order valence-electron chi connectivity index (χ1n) is 12.3. The number of amides is 2. The Morgan fingerprint density at radius 3 is 2.70 bits per heavy atom. The highest BCUT2D eigenvalue weighted by Crippen LogP contribution is 2.30. The van der Waals surface area contributed by atoms with Crippen LogP contribution in [0.15, 0.2) is 47.6 Å². The van der Waals surface area contributed by atoms with Crippen LogP contribution in [0.2, 0.25) is 0 Å². The number of thioether (sulfide) groups is 1. The molecule has 0 unspecified atom stereocenters. The summed E-state index contributed by atoms with van der Waals surface area (Å²) >= 11 is 1.20. The topological polar surface area (TPSA) is 105 Å². The first-order chi connectivity index (χ1) is 18.1. The Labute approximate surface area is 221 Å². The summed E-state index contributed by atoms with van der Waals surface area (Å²) in [4.78, 5) is 27.2. The number of carbonyl (C=O) groups is 2. The molecule has 0 saturated carbocycles. The predicted molar refractivity (Wildman–Crippen MR) is 145 cm³/mol. The van der Waals surface area contributed by atoms with Gasteiger partial charge in [-0.15, -0.1) is 0 Å². The Hall–Kier alpha value is -3.28. The molecule has 2 amide bonds. The van der Waals surface area contributed by atoms with Crippen molar-refractivity contribution in [3.63, 3.8) is 0 Å². The first-order valence-corrected chi connectivity index (χ1v) is 13.2. The number of hydrogen-bond donors (Lipinski definition) is 2. The van der Waals surface area contributed by atoms with Crippen LogP contribution < -0.4 is 20.1 Å². The molecule has 2 aliphatic rings. The van der Waals surface area contributed by atoms with E-state index in [0.717, 1.165) is 56.0 Å². The number of piperazine rings is 1. The molecule has 11 heteroatoms. The van der Waals surface area contributed by atoms with Crippen LogP contribution in [-0.2, 0) is 11.3 Å². The first kappa shape index (κ1) is 26.8. The van der Waals surface area contributed by atoms with Crippen molar-refractivity contribution in [3.8, 4) is 11.5 Å². The summed E-state index contributed by atoms with van der Waals surface area (Å²) in [5.74, 6) is 1.70. The zero-order chi connectivity index (χ0) is 26.0. The van der Waals surface area contributed by atoms with E-state index >= 15 is 0 Å². The molecular weight excluding hydrogens is 494 g/mol. The minimum atomic E-state index is -0.490. The third-order valence-corrected chi connectivity index (χ3v) is 6.94. The second kappa shape index (κ2) is 13.3. The van der Waals surface area contributed by atoms with Gasteiger partial charge < -0.3 is 24.4 Å². The highest BCUT2D eigenvalue weighted by atomic mass is 32.2. The van der Waals surface area contributed by atoms with Gasteiger partial charge in [0.15, 0.2) is 11.5 Å². The molecule has 0 aromatic heterocycles. The Morgan fingerprint density at radius 1 is 1.11 bits per heavy atom. The van der Waals surface area contributed by atoms with Gasteiger partial charge in [-0.25, -0.2) is 9.80 Å². The van der Waals surface area contributed by atoms with Crippen LogP contribution in [0.25, 0.3) is 0 Å². The van der Waals surface area contributed by atoms with E-state index < -0.39 is 6.09 Å². The molecule has 0 aliphatic carbocycles. The van der Waals surface area contributed by atoms with Crippen molar-refractivity contribution in [2.45, 2.75) is 13.0 Å². The molecule has 1 saturated heterocycles. The van der Waals surface area contributed by atoms with Crippen molar-refractivity contribution in [2.75, 3.05) is 64.6 Å². The van der Waals surface area contributed by atoms with Gasteiger partial charge >= 0.3 is 11.3 Å². The molecule has 37 heavy (non-hydrogen) atoms. The van der Waals surface area contributed by atoms with Gasteiger partial charge in [0.05, 0.1) is 33.1 Å². The van der Waals surface area contributed by atoms with Crippen LogP contribution in [0.5, 0.6) is 11.5 Å². The molecule has 0 spiro atoms. The molecule has 2 heterocycles. The lowest BCUT2D eigenvalue weighted by molar-refractivity contribution is 0.149. The van der Waals surface area contributed by atoms with E-state index in [9.17, 15) is 9.59 Å². The van der Waals surface area contributed by atoms with Crippen molar-refractivity contribution in [1.82, 2.24) is 15.2 Å². The maximum atomic E-state index is 12.6. The fourth-order valence-corrected chi connectivity index (χ4v) is 4.88. The van der Waals surface area contributed by atoms with Crippen LogP contribution >= 0.6 is 11.8 Å². The number of methoxy groups -OCH3 is 2. The number of hydrogen-bond acceptors (Lipinski definition) is 9. The van der Waals surface area contributed by atoms with Crippen LogP contribution in [0, 0.1) is 0 Å². The molecule has 10 nitrogen and oxygen atoms in total. The van der Waals surface area contributed by atoms with Gasteiger partial charge in [0, 0.05) is 49.7 Å². The average Bonchev–Trinajstić information content (AvgIpc) is 2.92. The van der Waals surface area contributed by atoms with Gasteiger partial charge in [0.2, 0.25) is 0 Å². The smallest absolute Gasteiger partial charge is 0.411 e. The van der Waals surface area contributed by atoms with Crippen LogP contribution in [-0.4, -0.2) is 86.3 Å². The molecular formula is C26H33N5O5S. The molecule has 0 atom stereocenters. The summed E-state index contributed by atoms with van der Waals surface area (Å²) in [6.07, 6.45) is 0.304. The molecule has 2 aromatic rings. The van der Waals surface area contributed by atoms with Crippen LogP contribution in [0.1, 0.15) is 17.5 Å². The van der Waals surface area contributed by atoms with Crippen LogP contribution in [0.3, 0.4) is 0 Å². The second-order valence-corrected chi connectivity index (χ2v) is 9.56. The lowest BCUT2D eigenvalue weighted by atomic mass is 10.1. The second-order valence-electron chi connectivity index (χ2n) is 8.64. The minimum absolute atomic E-state index is 0.133. The fraction of sp³-hybridized carbons (Fsp3) is 0.423. The Morgan fingerprint density at radius 2 is 1.92 bits per heavy atom. The van der Waals surface area contributed by atoms with Crippen molar-refractivity contribution >= 4 is 34.5 Å². The number of carbonyl (C=O) groups excluding carboxylic acids is 2. The Kier molecular flexibility index (Phi) is 9.64. The summed E-state index contributed by atoms with van der Waals surface area (Å²) in [5.41, 5.74) is 3.07. The van der Waals surface area contributed by atoms with Crippen molar-refractivity contribution < 1.29 is 23.8 Å². The summed E-state index contributed by atoms with van der Waals surface area (Å²) in [6, 6.07) is 12.9.